The second-order valence-corrected chi connectivity index (χ2v) is 9.34. The summed E-state index contributed by atoms with van der Waals surface area (Å²) in [5.41, 5.74) is 3.39. The molecular weight excluding hydrogens is 402 g/mol. The van der Waals surface area contributed by atoms with Gasteiger partial charge in [-0.3, -0.25) is 4.79 Å². The molecule has 2 aromatic carbocycles. The Morgan fingerprint density at radius 3 is 2.53 bits per heavy atom. The number of anilines is 1. The Hall–Kier alpha value is -3.04. The summed E-state index contributed by atoms with van der Waals surface area (Å²) in [5.74, 6) is -0.0376. The Labute approximate surface area is 175 Å². The first-order chi connectivity index (χ1) is 14.3. The van der Waals surface area contributed by atoms with Crippen molar-refractivity contribution in [3.8, 4) is 5.69 Å². The maximum absolute atomic E-state index is 13.2. The number of hydrogen-bond acceptors (Lipinski definition) is 5. The van der Waals surface area contributed by atoms with E-state index in [1.165, 1.54) is 17.6 Å². The van der Waals surface area contributed by atoms with Crippen LogP contribution in [-0.2, 0) is 21.2 Å². The van der Waals surface area contributed by atoms with Crippen molar-refractivity contribution >= 4 is 21.6 Å². The molecule has 1 amide bonds. The SMILES string of the molecule is CC(=O)N1CCc2cc(S(=O)(=O)N(C)C(C)c3ccc(-n4cncn4)cc3)ccc21. The molecule has 0 saturated heterocycles. The first-order valence-electron chi connectivity index (χ1n) is 9.63. The number of aromatic nitrogens is 3. The van der Waals surface area contributed by atoms with Crippen LogP contribution in [0.2, 0.25) is 0 Å². The number of rotatable bonds is 5. The van der Waals surface area contributed by atoms with Crippen LogP contribution in [0, 0.1) is 0 Å². The molecule has 1 aliphatic rings. The quantitative estimate of drug-likeness (QED) is 0.627. The smallest absolute Gasteiger partial charge is 0.243 e. The minimum Gasteiger partial charge on any atom is -0.312 e. The Morgan fingerprint density at radius 1 is 1.17 bits per heavy atom. The van der Waals surface area contributed by atoms with Gasteiger partial charge in [-0.25, -0.2) is 18.1 Å². The minimum absolute atomic E-state index is 0.0376. The molecule has 0 aliphatic carbocycles. The Morgan fingerprint density at radius 2 is 1.90 bits per heavy atom. The van der Waals surface area contributed by atoms with Crippen LogP contribution in [0.3, 0.4) is 0 Å². The molecule has 156 valence electrons. The highest BCUT2D eigenvalue weighted by Gasteiger charge is 2.29. The van der Waals surface area contributed by atoms with Crippen molar-refractivity contribution in [1.82, 2.24) is 19.1 Å². The van der Waals surface area contributed by atoms with E-state index in [4.69, 9.17) is 0 Å². The van der Waals surface area contributed by atoms with Gasteiger partial charge in [0.1, 0.15) is 12.7 Å². The van der Waals surface area contributed by atoms with E-state index in [0.717, 1.165) is 22.5 Å². The van der Waals surface area contributed by atoms with Crippen molar-refractivity contribution in [2.75, 3.05) is 18.5 Å². The number of nitrogens with zero attached hydrogens (tertiary/aromatic N) is 5. The maximum atomic E-state index is 13.2. The zero-order chi connectivity index (χ0) is 21.5. The highest BCUT2D eigenvalue weighted by atomic mass is 32.2. The lowest BCUT2D eigenvalue weighted by Gasteiger charge is -2.25. The van der Waals surface area contributed by atoms with Crippen molar-refractivity contribution in [2.24, 2.45) is 0 Å². The third-order valence-electron chi connectivity index (χ3n) is 5.61. The fraction of sp³-hybridized carbons (Fsp3) is 0.286. The topological polar surface area (TPSA) is 88.4 Å². The van der Waals surface area contributed by atoms with Gasteiger partial charge in [0.05, 0.1) is 10.6 Å². The van der Waals surface area contributed by atoms with Gasteiger partial charge in [-0.2, -0.15) is 9.40 Å². The fourth-order valence-electron chi connectivity index (χ4n) is 3.70. The molecule has 1 aliphatic heterocycles. The maximum Gasteiger partial charge on any atom is 0.243 e. The summed E-state index contributed by atoms with van der Waals surface area (Å²) in [4.78, 5) is 17.6. The first kappa shape index (κ1) is 20.2. The van der Waals surface area contributed by atoms with E-state index in [2.05, 4.69) is 10.1 Å². The van der Waals surface area contributed by atoms with Gasteiger partial charge in [0.25, 0.3) is 0 Å². The van der Waals surface area contributed by atoms with Gasteiger partial charge in [-0.05, 0) is 54.8 Å². The molecule has 2 heterocycles. The number of sulfonamides is 1. The second kappa shape index (κ2) is 7.66. The van der Waals surface area contributed by atoms with E-state index < -0.39 is 10.0 Å². The van der Waals surface area contributed by atoms with Crippen LogP contribution in [0.4, 0.5) is 5.69 Å². The summed E-state index contributed by atoms with van der Waals surface area (Å²) < 4.78 is 29.5. The van der Waals surface area contributed by atoms with Gasteiger partial charge >= 0.3 is 0 Å². The predicted molar refractivity (Wildman–Crippen MR) is 113 cm³/mol. The van der Waals surface area contributed by atoms with Crippen molar-refractivity contribution in [3.05, 3.63) is 66.2 Å². The normalized spacial score (nSPS) is 14.7. The van der Waals surface area contributed by atoms with Gasteiger partial charge in [-0.15, -0.1) is 0 Å². The first-order valence-corrected chi connectivity index (χ1v) is 11.1. The molecule has 0 saturated carbocycles. The average molecular weight is 426 g/mol. The van der Waals surface area contributed by atoms with Gasteiger partial charge < -0.3 is 4.90 Å². The van der Waals surface area contributed by atoms with Gasteiger partial charge in [0, 0.05) is 32.2 Å². The summed E-state index contributed by atoms with van der Waals surface area (Å²) >= 11 is 0. The molecule has 1 unspecified atom stereocenters. The summed E-state index contributed by atoms with van der Waals surface area (Å²) in [6.45, 7) is 3.95. The van der Waals surface area contributed by atoms with Gasteiger partial charge in [-0.1, -0.05) is 12.1 Å². The van der Waals surface area contributed by atoms with Crippen LogP contribution in [-0.4, -0.2) is 47.0 Å². The van der Waals surface area contributed by atoms with E-state index in [0.29, 0.717) is 13.0 Å². The van der Waals surface area contributed by atoms with Crippen LogP contribution in [0.25, 0.3) is 5.69 Å². The standard InChI is InChI=1S/C21H23N5O3S/c1-15(17-4-6-19(7-5-17)26-14-22-13-23-26)24(3)30(28,29)20-8-9-21-18(12-20)10-11-25(21)16(2)27/h4-9,12-15H,10-11H2,1-3H3. The van der Waals surface area contributed by atoms with Crippen molar-refractivity contribution in [1.29, 1.82) is 0 Å². The number of amides is 1. The van der Waals surface area contributed by atoms with Gasteiger partial charge in [0.15, 0.2) is 0 Å². The fourth-order valence-corrected chi connectivity index (χ4v) is 5.10. The highest BCUT2D eigenvalue weighted by molar-refractivity contribution is 7.89. The number of fused-ring (bicyclic) bond motifs is 1. The lowest BCUT2D eigenvalue weighted by Crippen LogP contribution is -2.30. The Bertz CT molecular complexity index is 1170. The van der Waals surface area contributed by atoms with E-state index in [1.807, 2.05) is 31.2 Å². The van der Waals surface area contributed by atoms with Crippen LogP contribution >= 0.6 is 0 Å². The molecule has 0 radical (unpaired) electrons. The monoisotopic (exact) mass is 425 g/mol. The van der Waals surface area contributed by atoms with Crippen molar-refractivity contribution < 1.29 is 13.2 Å². The molecule has 3 aromatic rings. The third kappa shape index (κ3) is 3.50. The Kier molecular flexibility index (Phi) is 5.17. The highest BCUT2D eigenvalue weighted by Crippen LogP contribution is 2.33. The average Bonchev–Trinajstić information content (AvgIpc) is 3.42. The number of carbonyl (C=O) groups excluding carboxylic acids is 1. The molecular formula is C21H23N5O3S. The molecule has 30 heavy (non-hydrogen) atoms. The summed E-state index contributed by atoms with van der Waals surface area (Å²) in [6.07, 6.45) is 3.72. The minimum atomic E-state index is -3.70. The summed E-state index contributed by atoms with van der Waals surface area (Å²) in [5, 5.41) is 4.09. The van der Waals surface area contributed by atoms with Crippen LogP contribution in [0.15, 0.2) is 60.0 Å². The molecule has 8 nitrogen and oxygen atoms in total. The predicted octanol–water partition coefficient (Wildman–Crippen LogP) is 2.56. The summed E-state index contributed by atoms with van der Waals surface area (Å²) in [7, 11) is -2.11. The lowest BCUT2D eigenvalue weighted by atomic mass is 10.1. The number of carbonyl (C=O) groups is 1. The number of benzene rings is 2. The molecule has 0 fully saturated rings. The van der Waals surface area contributed by atoms with E-state index in [1.54, 1.807) is 41.2 Å². The third-order valence-corrected chi connectivity index (χ3v) is 7.53. The zero-order valence-corrected chi connectivity index (χ0v) is 17.9. The van der Waals surface area contributed by atoms with Crippen LogP contribution < -0.4 is 4.90 Å². The summed E-state index contributed by atoms with van der Waals surface area (Å²) in [6, 6.07) is 12.2. The lowest BCUT2D eigenvalue weighted by molar-refractivity contribution is -0.116. The van der Waals surface area contributed by atoms with Crippen LogP contribution in [0.1, 0.15) is 31.0 Å². The Balaban J connectivity index is 1.58. The molecule has 0 N–H and O–H groups in total. The molecule has 4 rings (SSSR count). The van der Waals surface area contributed by atoms with E-state index >= 15 is 0 Å². The molecule has 0 bridgehead atoms. The van der Waals surface area contributed by atoms with Gasteiger partial charge in [0.2, 0.25) is 15.9 Å². The van der Waals surface area contributed by atoms with E-state index in [-0.39, 0.29) is 16.8 Å². The number of hydrogen-bond donors (Lipinski definition) is 0. The molecule has 1 atom stereocenters. The largest absolute Gasteiger partial charge is 0.312 e. The molecule has 9 heteroatoms. The van der Waals surface area contributed by atoms with Crippen molar-refractivity contribution in [2.45, 2.75) is 31.2 Å². The van der Waals surface area contributed by atoms with E-state index in [9.17, 15) is 13.2 Å². The molecule has 0 spiro atoms. The second-order valence-electron chi connectivity index (χ2n) is 7.34. The van der Waals surface area contributed by atoms with Crippen molar-refractivity contribution in [3.63, 3.8) is 0 Å². The zero-order valence-electron chi connectivity index (χ0n) is 17.1. The van der Waals surface area contributed by atoms with Crippen LogP contribution in [0.5, 0.6) is 0 Å². The molecule has 1 aromatic heterocycles.